The number of aliphatic hydroxyl groups excluding tert-OH is 1. The number of rotatable bonds is 4. The van der Waals surface area contributed by atoms with E-state index in [0.29, 0.717) is 0 Å². The van der Waals surface area contributed by atoms with Gasteiger partial charge in [-0.15, -0.1) is 0 Å². The molecule has 112 valence electrons. The number of alkyl halides is 3. The van der Waals surface area contributed by atoms with E-state index in [1.807, 2.05) is 0 Å². The number of halogens is 4. The third kappa shape index (κ3) is 3.76. The van der Waals surface area contributed by atoms with Crippen LogP contribution in [-0.4, -0.2) is 22.7 Å². The molecule has 2 rings (SSSR count). The van der Waals surface area contributed by atoms with Crippen molar-refractivity contribution in [2.24, 2.45) is 5.92 Å². The maximum Gasteiger partial charge on any atom is 0.417 e. The quantitative estimate of drug-likeness (QED) is 0.891. The fourth-order valence-corrected chi connectivity index (χ4v) is 2.67. The molecule has 0 saturated heterocycles. The first-order valence-electron chi connectivity index (χ1n) is 6.52. The first kappa shape index (κ1) is 15.4. The molecule has 1 aliphatic carbocycles. The molecule has 0 radical (unpaired) electrons. The average molecular weight is 309 g/mol. The molecule has 1 aromatic heterocycles. The van der Waals surface area contributed by atoms with Crippen molar-refractivity contribution in [1.82, 2.24) is 4.98 Å². The minimum absolute atomic E-state index is 0.0987. The minimum Gasteiger partial charge on any atom is -0.391 e. The number of anilines is 1. The molecule has 0 spiro atoms. The lowest BCUT2D eigenvalue weighted by Gasteiger charge is -2.19. The van der Waals surface area contributed by atoms with Crippen molar-refractivity contribution >= 4 is 17.4 Å². The summed E-state index contributed by atoms with van der Waals surface area (Å²) in [5, 5.41) is 12.7. The smallest absolute Gasteiger partial charge is 0.391 e. The number of nitrogens with one attached hydrogen (secondary N) is 1. The standard InChI is InChI=1S/C13H16ClF3N2O/c14-10-5-9(13(15,16)17)6-18-12(10)19-7-11(20)8-3-1-2-4-8/h5-6,8,11,20H,1-4,7H2,(H,18,19). The molecule has 1 saturated carbocycles. The van der Waals surface area contributed by atoms with Crippen LogP contribution >= 0.6 is 11.6 Å². The largest absolute Gasteiger partial charge is 0.417 e. The second-order valence-corrected chi connectivity index (χ2v) is 5.45. The molecule has 1 unspecified atom stereocenters. The van der Waals surface area contributed by atoms with Crippen LogP contribution in [0.3, 0.4) is 0 Å². The Morgan fingerprint density at radius 3 is 2.60 bits per heavy atom. The molecular formula is C13H16ClF3N2O. The molecule has 0 bridgehead atoms. The lowest BCUT2D eigenvalue weighted by atomic mass is 10.0. The highest BCUT2D eigenvalue weighted by Crippen LogP contribution is 2.32. The van der Waals surface area contributed by atoms with Crippen molar-refractivity contribution in [2.45, 2.75) is 38.0 Å². The van der Waals surface area contributed by atoms with Gasteiger partial charge in [-0.05, 0) is 24.8 Å². The predicted molar refractivity (Wildman–Crippen MR) is 70.7 cm³/mol. The van der Waals surface area contributed by atoms with Gasteiger partial charge in [-0.25, -0.2) is 4.98 Å². The predicted octanol–water partition coefficient (Wildman–Crippen LogP) is 3.72. The second kappa shape index (κ2) is 6.18. The monoisotopic (exact) mass is 308 g/mol. The van der Waals surface area contributed by atoms with Gasteiger partial charge in [0.05, 0.1) is 16.7 Å². The van der Waals surface area contributed by atoms with Gasteiger partial charge in [0.1, 0.15) is 5.82 Å². The summed E-state index contributed by atoms with van der Waals surface area (Å²) in [6.07, 6.45) is -0.0669. The zero-order valence-electron chi connectivity index (χ0n) is 10.8. The lowest BCUT2D eigenvalue weighted by Crippen LogP contribution is -2.27. The second-order valence-electron chi connectivity index (χ2n) is 5.04. The Bertz CT molecular complexity index is 461. The molecule has 0 aliphatic heterocycles. The van der Waals surface area contributed by atoms with Crippen LogP contribution in [0.15, 0.2) is 12.3 Å². The van der Waals surface area contributed by atoms with E-state index in [-0.39, 0.29) is 23.3 Å². The SMILES string of the molecule is OC(CNc1ncc(C(F)(F)F)cc1Cl)C1CCCC1. The molecular weight excluding hydrogens is 293 g/mol. The molecule has 1 aromatic rings. The van der Waals surface area contributed by atoms with Gasteiger partial charge in [0.25, 0.3) is 0 Å². The van der Waals surface area contributed by atoms with Gasteiger partial charge in [0.15, 0.2) is 0 Å². The van der Waals surface area contributed by atoms with Crippen molar-refractivity contribution in [2.75, 3.05) is 11.9 Å². The van der Waals surface area contributed by atoms with Gasteiger partial charge in [-0.1, -0.05) is 24.4 Å². The third-order valence-corrected chi connectivity index (χ3v) is 3.88. The number of hydrogen-bond acceptors (Lipinski definition) is 3. The van der Waals surface area contributed by atoms with E-state index in [0.717, 1.165) is 37.9 Å². The van der Waals surface area contributed by atoms with Gasteiger partial charge in [0, 0.05) is 12.7 Å². The Labute approximate surface area is 120 Å². The highest BCUT2D eigenvalue weighted by atomic mass is 35.5. The highest BCUT2D eigenvalue weighted by molar-refractivity contribution is 6.32. The Kier molecular flexibility index (Phi) is 4.75. The van der Waals surface area contributed by atoms with E-state index >= 15 is 0 Å². The van der Waals surface area contributed by atoms with Crippen LogP contribution in [0, 0.1) is 5.92 Å². The maximum absolute atomic E-state index is 12.5. The van der Waals surface area contributed by atoms with Crippen LogP contribution in [0.2, 0.25) is 5.02 Å². The summed E-state index contributed by atoms with van der Waals surface area (Å²) in [7, 11) is 0. The first-order valence-corrected chi connectivity index (χ1v) is 6.90. The van der Waals surface area contributed by atoms with Crippen molar-refractivity contribution in [3.8, 4) is 0 Å². The summed E-state index contributed by atoms with van der Waals surface area (Å²) >= 11 is 5.77. The van der Waals surface area contributed by atoms with E-state index in [4.69, 9.17) is 11.6 Å². The van der Waals surface area contributed by atoms with Crippen LogP contribution in [-0.2, 0) is 6.18 Å². The summed E-state index contributed by atoms with van der Waals surface area (Å²) in [4.78, 5) is 3.67. The fourth-order valence-electron chi connectivity index (χ4n) is 2.43. The van der Waals surface area contributed by atoms with E-state index in [1.165, 1.54) is 0 Å². The number of hydrogen-bond donors (Lipinski definition) is 2. The zero-order chi connectivity index (χ0) is 14.8. The van der Waals surface area contributed by atoms with Crippen molar-refractivity contribution in [3.05, 3.63) is 22.8 Å². The molecule has 0 amide bonds. The maximum atomic E-state index is 12.5. The topological polar surface area (TPSA) is 45.1 Å². The van der Waals surface area contributed by atoms with E-state index in [9.17, 15) is 18.3 Å². The minimum atomic E-state index is -4.46. The van der Waals surface area contributed by atoms with Crippen LogP contribution in [0.25, 0.3) is 0 Å². The van der Waals surface area contributed by atoms with Crippen LogP contribution in [0.5, 0.6) is 0 Å². The van der Waals surface area contributed by atoms with E-state index in [2.05, 4.69) is 10.3 Å². The van der Waals surface area contributed by atoms with Gasteiger partial charge in [-0.3, -0.25) is 0 Å². The number of aliphatic hydroxyl groups is 1. The summed E-state index contributed by atoms with van der Waals surface area (Å²) in [5.74, 6) is 0.410. The van der Waals surface area contributed by atoms with Gasteiger partial charge in [0.2, 0.25) is 0 Å². The first-order chi connectivity index (χ1) is 9.38. The average Bonchev–Trinajstić information content (AvgIpc) is 2.89. The highest BCUT2D eigenvalue weighted by Gasteiger charge is 2.31. The van der Waals surface area contributed by atoms with Gasteiger partial charge >= 0.3 is 6.18 Å². The summed E-state index contributed by atoms with van der Waals surface area (Å²) in [6.45, 7) is 0.239. The van der Waals surface area contributed by atoms with Gasteiger partial charge in [-0.2, -0.15) is 13.2 Å². The van der Waals surface area contributed by atoms with Crippen LogP contribution in [0.4, 0.5) is 19.0 Å². The number of aromatic nitrogens is 1. The van der Waals surface area contributed by atoms with E-state index < -0.39 is 17.8 Å². The molecule has 20 heavy (non-hydrogen) atoms. The Morgan fingerprint density at radius 2 is 2.05 bits per heavy atom. The summed E-state index contributed by atoms with van der Waals surface area (Å²) < 4.78 is 37.4. The van der Waals surface area contributed by atoms with Gasteiger partial charge < -0.3 is 10.4 Å². The van der Waals surface area contributed by atoms with Crippen molar-refractivity contribution in [3.63, 3.8) is 0 Å². The molecule has 2 N–H and O–H groups in total. The van der Waals surface area contributed by atoms with Crippen LogP contribution in [0.1, 0.15) is 31.2 Å². The van der Waals surface area contributed by atoms with Crippen LogP contribution < -0.4 is 5.32 Å². The zero-order valence-corrected chi connectivity index (χ0v) is 11.5. The van der Waals surface area contributed by atoms with Crippen molar-refractivity contribution in [1.29, 1.82) is 0 Å². The Hall–Kier alpha value is -1.01. The summed E-state index contributed by atoms with van der Waals surface area (Å²) in [5.41, 5.74) is -0.885. The third-order valence-electron chi connectivity index (χ3n) is 3.59. The number of pyridine rings is 1. The number of nitrogens with zero attached hydrogens (tertiary/aromatic N) is 1. The van der Waals surface area contributed by atoms with Crippen molar-refractivity contribution < 1.29 is 18.3 Å². The molecule has 7 heteroatoms. The molecule has 1 heterocycles. The molecule has 0 aromatic carbocycles. The normalized spacial score (nSPS) is 18.2. The molecule has 3 nitrogen and oxygen atoms in total. The Morgan fingerprint density at radius 1 is 1.40 bits per heavy atom. The molecule has 1 aliphatic rings. The Balaban J connectivity index is 1.96. The summed E-state index contributed by atoms with van der Waals surface area (Å²) in [6, 6.07) is 0.832. The molecule has 1 atom stereocenters. The molecule has 1 fully saturated rings. The van der Waals surface area contributed by atoms with E-state index in [1.54, 1.807) is 0 Å². The fraction of sp³-hybridized carbons (Fsp3) is 0.615. The lowest BCUT2D eigenvalue weighted by molar-refractivity contribution is -0.137.